The van der Waals surface area contributed by atoms with Crippen LogP contribution in [-0.4, -0.2) is 23.4 Å². The summed E-state index contributed by atoms with van der Waals surface area (Å²) in [5, 5.41) is 0. The van der Waals surface area contributed by atoms with Gasteiger partial charge in [-0.2, -0.15) is 0 Å². The number of benzene rings is 1. The molecule has 1 aliphatic heterocycles. The van der Waals surface area contributed by atoms with Gasteiger partial charge in [-0.05, 0) is 12.5 Å². The van der Waals surface area contributed by atoms with E-state index < -0.39 is 0 Å². The van der Waals surface area contributed by atoms with Crippen LogP contribution in [-0.2, 0) is 4.79 Å². The van der Waals surface area contributed by atoms with Gasteiger partial charge in [-0.25, -0.2) is 0 Å². The summed E-state index contributed by atoms with van der Waals surface area (Å²) < 4.78 is 0. The van der Waals surface area contributed by atoms with Crippen molar-refractivity contribution in [2.24, 2.45) is 5.73 Å². The number of nitrogens with two attached hydrogens (primary N) is 1. The first-order valence-electron chi connectivity index (χ1n) is 4.80. The molecule has 2 rings (SSSR count). The minimum absolute atomic E-state index is 0.0507. The molecule has 3 heteroatoms. The van der Waals surface area contributed by atoms with Crippen LogP contribution in [0.2, 0.25) is 0 Å². The van der Waals surface area contributed by atoms with Crippen molar-refractivity contribution in [1.82, 2.24) is 4.90 Å². The Morgan fingerprint density at radius 1 is 1.50 bits per heavy atom. The van der Waals surface area contributed by atoms with E-state index in [1.165, 1.54) is 5.56 Å². The molecule has 0 radical (unpaired) electrons. The topological polar surface area (TPSA) is 46.1 Å². The maximum absolute atomic E-state index is 10.9. The quantitative estimate of drug-likeness (QED) is 0.720. The molecule has 0 spiro atoms. The summed E-state index contributed by atoms with van der Waals surface area (Å²) in [5.74, 6) is -0.215. The Labute approximate surface area is 83.5 Å². The molecule has 1 amide bonds. The number of carbonyl (C=O) groups excluding carboxylic acids is 1. The maximum atomic E-state index is 10.9. The summed E-state index contributed by atoms with van der Waals surface area (Å²) in [5.41, 5.74) is 6.46. The maximum Gasteiger partial charge on any atom is 0.236 e. The lowest BCUT2D eigenvalue weighted by Gasteiger charge is -2.13. The summed E-state index contributed by atoms with van der Waals surface area (Å²) >= 11 is 0. The molecule has 3 nitrogen and oxygen atoms in total. The minimum atomic E-state index is -0.215. The van der Waals surface area contributed by atoms with Crippen LogP contribution in [0.15, 0.2) is 30.3 Å². The average molecular weight is 190 g/mol. The fourth-order valence-electron chi connectivity index (χ4n) is 1.76. The van der Waals surface area contributed by atoms with E-state index in [1.54, 1.807) is 0 Å². The predicted molar refractivity (Wildman–Crippen MR) is 54.5 cm³/mol. The van der Waals surface area contributed by atoms with E-state index in [1.807, 2.05) is 18.2 Å². The molecular weight excluding hydrogens is 176 g/mol. The van der Waals surface area contributed by atoms with Crippen molar-refractivity contribution in [2.75, 3.05) is 6.54 Å². The number of hydrogen-bond acceptors (Lipinski definition) is 2. The largest absolute Gasteiger partial charge is 0.368 e. The van der Waals surface area contributed by atoms with Crippen molar-refractivity contribution in [2.45, 2.75) is 19.0 Å². The monoisotopic (exact) mass is 190 g/mol. The van der Waals surface area contributed by atoms with Gasteiger partial charge in [0.2, 0.25) is 5.91 Å². The van der Waals surface area contributed by atoms with E-state index in [-0.39, 0.29) is 18.0 Å². The summed E-state index contributed by atoms with van der Waals surface area (Å²) in [6.07, 6.45) is 0. The summed E-state index contributed by atoms with van der Waals surface area (Å²) in [7, 11) is 0. The van der Waals surface area contributed by atoms with Crippen LogP contribution in [0.5, 0.6) is 0 Å². The van der Waals surface area contributed by atoms with Gasteiger partial charge in [-0.15, -0.1) is 0 Å². The fourth-order valence-corrected chi connectivity index (χ4v) is 1.76. The van der Waals surface area contributed by atoms with Crippen LogP contribution in [0.25, 0.3) is 0 Å². The summed E-state index contributed by atoms with van der Waals surface area (Å²) in [6, 6.07) is 10.4. The highest BCUT2D eigenvalue weighted by molar-refractivity contribution is 5.83. The number of amides is 1. The Balaban J connectivity index is 2.05. The predicted octanol–water partition coefficient (Wildman–Crippen LogP) is 0.917. The van der Waals surface area contributed by atoms with E-state index in [4.69, 9.17) is 5.73 Å². The number of hydrogen-bond donors (Lipinski definition) is 1. The molecule has 2 N–H and O–H groups in total. The van der Waals surface area contributed by atoms with Crippen molar-refractivity contribution in [3.05, 3.63) is 35.9 Å². The second kappa shape index (κ2) is 3.42. The Kier molecular flexibility index (Phi) is 2.25. The van der Waals surface area contributed by atoms with E-state index in [9.17, 15) is 4.79 Å². The van der Waals surface area contributed by atoms with Gasteiger partial charge < -0.3 is 5.73 Å². The molecular formula is C11H14N2O. The first kappa shape index (κ1) is 9.21. The molecule has 1 heterocycles. The first-order chi connectivity index (χ1) is 6.70. The standard InChI is InChI=1S/C11H14N2O/c1-8(9-5-3-2-4-6-9)13-7-10(13)11(12)14/h2-6,8,10H,7H2,1H3,(H2,12,14)/t8-,10?,13?/m1/s1. The minimum Gasteiger partial charge on any atom is -0.368 e. The molecule has 1 aromatic carbocycles. The third-order valence-corrected chi connectivity index (χ3v) is 2.76. The van der Waals surface area contributed by atoms with Gasteiger partial charge in [0.1, 0.15) is 6.04 Å². The van der Waals surface area contributed by atoms with Crippen molar-refractivity contribution in [1.29, 1.82) is 0 Å². The zero-order chi connectivity index (χ0) is 10.1. The zero-order valence-corrected chi connectivity index (χ0v) is 8.18. The highest BCUT2D eigenvalue weighted by Crippen LogP contribution is 2.31. The van der Waals surface area contributed by atoms with E-state index in [0.717, 1.165) is 6.54 Å². The smallest absolute Gasteiger partial charge is 0.236 e. The highest BCUT2D eigenvalue weighted by Gasteiger charge is 2.42. The van der Waals surface area contributed by atoms with Gasteiger partial charge in [0.25, 0.3) is 0 Å². The Morgan fingerprint density at radius 2 is 2.14 bits per heavy atom. The highest BCUT2D eigenvalue weighted by atomic mass is 16.1. The molecule has 2 unspecified atom stereocenters. The van der Waals surface area contributed by atoms with Gasteiger partial charge in [-0.3, -0.25) is 9.69 Å². The molecule has 0 aliphatic carbocycles. The van der Waals surface area contributed by atoms with Crippen molar-refractivity contribution in [3.8, 4) is 0 Å². The molecule has 1 aliphatic rings. The molecule has 0 aromatic heterocycles. The Bertz CT molecular complexity index is 336. The molecule has 74 valence electrons. The van der Waals surface area contributed by atoms with Gasteiger partial charge in [0, 0.05) is 12.6 Å². The fraction of sp³-hybridized carbons (Fsp3) is 0.364. The summed E-state index contributed by atoms with van der Waals surface area (Å²) in [6.45, 7) is 2.89. The van der Waals surface area contributed by atoms with E-state index in [2.05, 4.69) is 24.0 Å². The van der Waals surface area contributed by atoms with Crippen LogP contribution in [0.3, 0.4) is 0 Å². The van der Waals surface area contributed by atoms with E-state index >= 15 is 0 Å². The van der Waals surface area contributed by atoms with E-state index in [0.29, 0.717) is 0 Å². The molecule has 0 bridgehead atoms. The number of primary amides is 1. The number of rotatable bonds is 3. The third kappa shape index (κ3) is 1.63. The van der Waals surface area contributed by atoms with Crippen molar-refractivity contribution in [3.63, 3.8) is 0 Å². The lowest BCUT2D eigenvalue weighted by Crippen LogP contribution is -2.22. The molecule has 1 saturated heterocycles. The van der Waals surface area contributed by atoms with Crippen LogP contribution in [0.4, 0.5) is 0 Å². The normalized spacial score (nSPS) is 26.9. The Hall–Kier alpha value is -1.35. The van der Waals surface area contributed by atoms with Gasteiger partial charge in [0.15, 0.2) is 0 Å². The average Bonchev–Trinajstić information content (AvgIpc) is 2.97. The second-order valence-corrected chi connectivity index (χ2v) is 3.70. The lowest BCUT2D eigenvalue weighted by atomic mass is 10.1. The molecule has 1 fully saturated rings. The van der Waals surface area contributed by atoms with Crippen LogP contribution >= 0.6 is 0 Å². The first-order valence-corrected chi connectivity index (χ1v) is 4.80. The second-order valence-electron chi connectivity index (χ2n) is 3.70. The molecule has 3 atom stereocenters. The molecule has 14 heavy (non-hydrogen) atoms. The van der Waals surface area contributed by atoms with Crippen LogP contribution in [0, 0.1) is 0 Å². The third-order valence-electron chi connectivity index (χ3n) is 2.76. The SMILES string of the molecule is C[C@H](c1ccccc1)N1CC1C(N)=O. The zero-order valence-electron chi connectivity index (χ0n) is 8.18. The lowest BCUT2D eigenvalue weighted by molar-refractivity contribution is -0.118. The van der Waals surface area contributed by atoms with Gasteiger partial charge in [0.05, 0.1) is 0 Å². The van der Waals surface area contributed by atoms with Gasteiger partial charge >= 0.3 is 0 Å². The van der Waals surface area contributed by atoms with Crippen molar-refractivity contribution < 1.29 is 4.79 Å². The van der Waals surface area contributed by atoms with Gasteiger partial charge in [-0.1, -0.05) is 30.3 Å². The molecule has 0 saturated carbocycles. The Morgan fingerprint density at radius 3 is 2.64 bits per heavy atom. The van der Waals surface area contributed by atoms with Crippen molar-refractivity contribution >= 4 is 5.91 Å². The molecule has 1 aromatic rings. The number of carbonyl (C=O) groups is 1. The summed E-state index contributed by atoms with van der Waals surface area (Å²) in [4.78, 5) is 13.0. The van der Waals surface area contributed by atoms with Crippen LogP contribution < -0.4 is 5.73 Å². The number of nitrogens with zero attached hydrogens (tertiary/aromatic N) is 1. The van der Waals surface area contributed by atoms with Crippen LogP contribution in [0.1, 0.15) is 18.5 Å².